The van der Waals surface area contributed by atoms with E-state index in [9.17, 15) is 9.90 Å². The summed E-state index contributed by atoms with van der Waals surface area (Å²) in [5, 5.41) is 11.7. The van der Waals surface area contributed by atoms with Crippen LogP contribution in [0.4, 0.5) is 0 Å². The summed E-state index contributed by atoms with van der Waals surface area (Å²) in [5.41, 5.74) is 1.45. The van der Waals surface area contributed by atoms with E-state index in [2.05, 4.69) is 39.8 Å². The molecule has 1 N–H and O–H groups in total. The molecule has 4 fully saturated rings. The first kappa shape index (κ1) is 25.2. The molecular weight excluding hydrogens is 408 g/mol. The Balaban J connectivity index is 1.53. The van der Waals surface area contributed by atoms with E-state index >= 15 is 0 Å². The van der Waals surface area contributed by atoms with Crippen molar-refractivity contribution in [2.45, 2.75) is 104 Å². The number of aliphatic hydroxyl groups excluding tert-OH is 1. The molecule has 4 nitrogen and oxygen atoms in total. The van der Waals surface area contributed by atoms with Gasteiger partial charge in [0.1, 0.15) is 0 Å². The summed E-state index contributed by atoms with van der Waals surface area (Å²) in [5.74, 6) is 3.49. The van der Waals surface area contributed by atoms with Gasteiger partial charge in [-0.05, 0) is 121 Å². The Morgan fingerprint density at radius 2 is 1.70 bits per heavy atom. The summed E-state index contributed by atoms with van der Waals surface area (Å²) in [6, 6.07) is 0.876. The minimum atomic E-state index is -0.186. The lowest BCUT2D eigenvalue weighted by molar-refractivity contribution is -0.172. The molecule has 0 unspecified atom stereocenters. The monoisotopic (exact) mass is 458 g/mol. The Labute approximate surface area is 203 Å². The quantitative estimate of drug-likeness (QED) is 0.577. The fourth-order valence-corrected chi connectivity index (χ4v) is 9.26. The number of amides is 1. The van der Waals surface area contributed by atoms with Crippen LogP contribution in [0.3, 0.4) is 0 Å². The minimum Gasteiger partial charge on any atom is -0.393 e. The van der Waals surface area contributed by atoms with Crippen LogP contribution in [0.5, 0.6) is 0 Å². The molecule has 1 amide bonds. The number of hydrogen-bond donors (Lipinski definition) is 1. The zero-order valence-corrected chi connectivity index (χ0v) is 22.6. The number of likely N-dealkylation sites (N-methyl/N-ethyl adjacent to an activating group) is 1. The summed E-state index contributed by atoms with van der Waals surface area (Å²) < 4.78 is 0. The van der Waals surface area contributed by atoms with E-state index in [0.29, 0.717) is 41.2 Å². The average molecular weight is 459 g/mol. The van der Waals surface area contributed by atoms with Crippen molar-refractivity contribution in [1.82, 2.24) is 9.80 Å². The number of carbonyl (C=O) groups excluding carboxylic acids is 1. The number of aliphatic hydroxyl groups is 1. The largest absolute Gasteiger partial charge is 0.393 e. The van der Waals surface area contributed by atoms with E-state index < -0.39 is 0 Å². The zero-order valence-electron chi connectivity index (χ0n) is 22.6. The minimum absolute atomic E-state index is 0.0578. The fraction of sp³-hybridized carbons (Fsp3) is 0.897. The molecule has 4 aliphatic rings. The van der Waals surface area contributed by atoms with Crippen molar-refractivity contribution >= 4 is 5.91 Å². The maximum atomic E-state index is 12.7. The smallest absolute Gasteiger partial charge is 0.246 e. The summed E-state index contributed by atoms with van der Waals surface area (Å²) >= 11 is 0. The number of carbonyl (C=O) groups is 1. The lowest BCUT2D eigenvalue weighted by Gasteiger charge is -2.63. The summed E-state index contributed by atoms with van der Waals surface area (Å²) in [4.78, 5) is 17.0. The van der Waals surface area contributed by atoms with Crippen LogP contribution >= 0.6 is 0 Å². The van der Waals surface area contributed by atoms with Gasteiger partial charge in [0.15, 0.2) is 0 Å². The topological polar surface area (TPSA) is 43.8 Å². The first-order valence-electron chi connectivity index (χ1n) is 13.7. The van der Waals surface area contributed by atoms with Gasteiger partial charge in [0.05, 0.1) is 6.10 Å². The van der Waals surface area contributed by atoms with E-state index in [0.717, 1.165) is 30.8 Å². The summed E-state index contributed by atoms with van der Waals surface area (Å²) in [6.07, 6.45) is 11.2. The van der Waals surface area contributed by atoms with Gasteiger partial charge in [0, 0.05) is 30.6 Å². The van der Waals surface area contributed by atoms with E-state index in [1.807, 2.05) is 25.8 Å². The first-order valence-corrected chi connectivity index (χ1v) is 13.7. The third-order valence-corrected chi connectivity index (χ3v) is 11.5. The van der Waals surface area contributed by atoms with Gasteiger partial charge in [-0.25, -0.2) is 0 Å². The van der Waals surface area contributed by atoms with Crippen LogP contribution in [0.25, 0.3) is 0 Å². The van der Waals surface area contributed by atoms with E-state index in [1.165, 1.54) is 32.1 Å². The predicted octanol–water partition coefficient (Wildman–Crippen LogP) is 5.36. The highest BCUT2D eigenvalue weighted by Gasteiger charge is 2.64. The maximum Gasteiger partial charge on any atom is 0.246 e. The molecule has 0 aliphatic heterocycles. The first-order chi connectivity index (χ1) is 15.4. The molecule has 4 aliphatic carbocycles. The van der Waals surface area contributed by atoms with Gasteiger partial charge >= 0.3 is 0 Å². The van der Waals surface area contributed by atoms with Gasteiger partial charge in [-0.3, -0.25) is 4.79 Å². The van der Waals surface area contributed by atoms with Crippen molar-refractivity contribution in [3.8, 4) is 0 Å². The lowest BCUT2D eigenvalue weighted by Crippen LogP contribution is -2.60. The molecule has 0 aromatic rings. The van der Waals surface area contributed by atoms with Crippen LogP contribution in [-0.2, 0) is 4.79 Å². The molecule has 10 atom stereocenters. The molecule has 0 spiro atoms. The van der Waals surface area contributed by atoms with Crippen molar-refractivity contribution < 1.29 is 9.90 Å². The number of fused-ring (bicyclic) bond motifs is 5. The molecular formula is C29H50N2O2. The van der Waals surface area contributed by atoms with Crippen molar-refractivity contribution in [3.63, 3.8) is 0 Å². The average Bonchev–Trinajstić information content (AvgIpc) is 3.11. The number of hydrogen-bond acceptors (Lipinski definition) is 3. The third kappa shape index (κ3) is 4.01. The number of nitrogens with zero attached hydrogens (tertiary/aromatic N) is 2. The molecule has 0 bridgehead atoms. The standard InChI is InChI=1S/C29H50N2O2/c1-18(2)15-27(33)31(8)21-13-14-28(4)20(16-21)9-10-22-24-12-11-23(19(3)30(6)7)29(24,5)26(32)17-25(22)28/h15,19-26,32H,9-14,16-17H2,1-8H3/t19-,20+,21+,22-,23+,24+,25-,26+,28-,29+/m0/s1. The third-order valence-electron chi connectivity index (χ3n) is 11.5. The van der Waals surface area contributed by atoms with Crippen LogP contribution in [0.1, 0.15) is 86.0 Å². The van der Waals surface area contributed by atoms with Crippen molar-refractivity contribution in [2.75, 3.05) is 21.1 Å². The molecule has 4 heteroatoms. The van der Waals surface area contributed by atoms with Crippen molar-refractivity contribution in [3.05, 3.63) is 11.6 Å². The number of allylic oxidation sites excluding steroid dienone is 1. The summed E-state index contributed by atoms with van der Waals surface area (Å²) in [7, 11) is 6.40. The normalized spacial score (nSPS) is 45.6. The van der Waals surface area contributed by atoms with Crippen LogP contribution in [0.15, 0.2) is 11.6 Å². The Kier molecular flexibility index (Phi) is 6.86. The van der Waals surface area contributed by atoms with Gasteiger partial charge in [-0.2, -0.15) is 0 Å². The van der Waals surface area contributed by atoms with Gasteiger partial charge in [-0.1, -0.05) is 19.4 Å². The second-order valence-electron chi connectivity index (χ2n) is 13.3. The molecule has 0 aromatic heterocycles. The second-order valence-corrected chi connectivity index (χ2v) is 13.3. The number of rotatable bonds is 4. The highest BCUT2D eigenvalue weighted by atomic mass is 16.3. The molecule has 4 rings (SSSR count). The van der Waals surface area contributed by atoms with E-state index in [-0.39, 0.29) is 17.4 Å². The molecule has 188 valence electrons. The molecule has 0 radical (unpaired) electrons. The van der Waals surface area contributed by atoms with Gasteiger partial charge in [0.2, 0.25) is 5.91 Å². The lowest BCUT2D eigenvalue weighted by atomic mass is 9.43. The highest BCUT2D eigenvalue weighted by Crippen LogP contribution is 2.68. The van der Waals surface area contributed by atoms with Crippen molar-refractivity contribution in [2.24, 2.45) is 40.4 Å². The van der Waals surface area contributed by atoms with E-state index in [1.54, 1.807) is 6.08 Å². The second kappa shape index (κ2) is 8.97. The Morgan fingerprint density at radius 1 is 1.00 bits per heavy atom. The SMILES string of the molecule is CC(C)=CC(=O)N(C)[C@@H]1CC[C@@]2(C)[C@H](CC[C@H]3[C@H]4CC[C@H]([C@H](C)N(C)C)[C@@]4(C)[C@H](O)C[C@@H]32)C1. The summed E-state index contributed by atoms with van der Waals surface area (Å²) in [6.45, 7) is 11.3. The molecule has 4 saturated carbocycles. The molecule has 0 heterocycles. The Morgan fingerprint density at radius 3 is 2.33 bits per heavy atom. The van der Waals surface area contributed by atoms with E-state index in [4.69, 9.17) is 0 Å². The predicted molar refractivity (Wildman–Crippen MR) is 136 cm³/mol. The zero-order chi connectivity index (χ0) is 24.3. The fourth-order valence-electron chi connectivity index (χ4n) is 9.26. The Bertz CT molecular complexity index is 774. The Hall–Kier alpha value is -0.870. The van der Waals surface area contributed by atoms with Gasteiger partial charge in [0.25, 0.3) is 0 Å². The van der Waals surface area contributed by atoms with Crippen molar-refractivity contribution in [1.29, 1.82) is 0 Å². The highest BCUT2D eigenvalue weighted by molar-refractivity contribution is 5.88. The van der Waals surface area contributed by atoms with Crippen LogP contribution in [0.2, 0.25) is 0 Å². The maximum absolute atomic E-state index is 12.7. The molecule has 33 heavy (non-hydrogen) atoms. The van der Waals surface area contributed by atoms with Gasteiger partial charge < -0.3 is 14.9 Å². The van der Waals surface area contributed by atoms with Crippen LogP contribution in [-0.4, -0.2) is 60.1 Å². The van der Waals surface area contributed by atoms with Crippen LogP contribution in [0, 0.1) is 40.4 Å². The molecule has 0 saturated heterocycles. The van der Waals surface area contributed by atoms with Crippen LogP contribution < -0.4 is 0 Å². The molecule has 0 aromatic carbocycles. The van der Waals surface area contributed by atoms with Gasteiger partial charge in [-0.15, -0.1) is 0 Å².